The Bertz CT molecular complexity index is 1300. The number of benzene rings is 3. The molecule has 0 saturated carbocycles. The van der Waals surface area contributed by atoms with Crippen LogP contribution in [-0.4, -0.2) is 17.9 Å². The third-order valence-corrected chi connectivity index (χ3v) is 5.20. The molecule has 3 aromatic carbocycles. The van der Waals surface area contributed by atoms with Crippen molar-refractivity contribution >= 4 is 17.9 Å². The molecule has 0 atom stereocenters. The smallest absolute Gasteiger partial charge is 0.338 e. The Morgan fingerprint density at radius 1 is 0.694 bits per heavy atom. The molecule has 0 spiro atoms. The lowest BCUT2D eigenvalue weighted by atomic mass is 10.0. The first-order valence-corrected chi connectivity index (χ1v) is 11.4. The zero-order valence-corrected chi connectivity index (χ0v) is 20.6. The Morgan fingerprint density at radius 3 is 1.83 bits per heavy atom. The van der Waals surface area contributed by atoms with Gasteiger partial charge in [0.25, 0.3) is 0 Å². The second kappa shape index (κ2) is 11.8. The lowest BCUT2D eigenvalue weighted by molar-refractivity contribution is -0.134. The molecule has 0 saturated heterocycles. The van der Waals surface area contributed by atoms with Gasteiger partial charge >= 0.3 is 17.9 Å². The molecule has 0 unspecified atom stereocenters. The Labute approximate surface area is 210 Å². The van der Waals surface area contributed by atoms with E-state index in [-0.39, 0.29) is 35.0 Å². The Morgan fingerprint density at radius 2 is 1.25 bits per heavy atom. The fourth-order valence-corrected chi connectivity index (χ4v) is 3.12. The van der Waals surface area contributed by atoms with E-state index in [0.717, 1.165) is 11.1 Å². The van der Waals surface area contributed by atoms with Crippen LogP contribution >= 0.6 is 0 Å². The van der Waals surface area contributed by atoms with Crippen LogP contribution in [0.4, 0.5) is 0 Å². The zero-order valence-electron chi connectivity index (χ0n) is 20.6. The van der Waals surface area contributed by atoms with Crippen LogP contribution in [-0.2, 0) is 20.8 Å². The van der Waals surface area contributed by atoms with E-state index in [2.05, 4.69) is 13.2 Å². The highest BCUT2D eigenvalue weighted by molar-refractivity contribution is 5.91. The molecule has 0 N–H and O–H groups in total. The molecule has 36 heavy (non-hydrogen) atoms. The minimum Gasteiger partial charge on any atom is -0.427 e. The van der Waals surface area contributed by atoms with E-state index >= 15 is 0 Å². The summed E-state index contributed by atoms with van der Waals surface area (Å²) in [5.74, 6) is -1.02. The maximum atomic E-state index is 12.3. The highest BCUT2D eigenvalue weighted by Gasteiger charge is 2.16. The number of hydrogen-bond acceptors (Lipinski definition) is 6. The first-order valence-electron chi connectivity index (χ1n) is 11.4. The third kappa shape index (κ3) is 7.27. The van der Waals surface area contributed by atoms with E-state index in [1.807, 2.05) is 31.2 Å². The molecule has 0 aliphatic heterocycles. The SMILES string of the molecule is C=C(C)C(=O)Oc1ccc(-c2ccc(OC(=O)CCc3ccc(C)cc3)cc2)cc1OC(=O)C(=C)C. The van der Waals surface area contributed by atoms with E-state index in [4.69, 9.17) is 14.2 Å². The van der Waals surface area contributed by atoms with Crippen LogP contribution in [0.25, 0.3) is 11.1 Å². The van der Waals surface area contributed by atoms with E-state index in [1.54, 1.807) is 36.4 Å². The monoisotopic (exact) mass is 484 g/mol. The first-order chi connectivity index (χ1) is 17.1. The summed E-state index contributed by atoms with van der Waals surface area (Å²) in [5, 5.41) is 0. The minimum atomic E-state index is -0.646. The van der Waals surface area contributed by atoms with Gasteiger partial charge in [-0.1, -0.05) is 61.2 Å². The lowest BCUT2D eigenvalue weighted by Crippen LogP contribution is -2.12. The van der Waals surface area contributed by atoms with Gasteiger partial charge in [-0.15, -0.1) is 0 Å². The molecule has 3 aromatic rings. The first kappa shape index (κ1) is 26.2. The Kier molecular flexibility index (Phi) is 8.57. The van der Waals surface area contributed by atoms with Crippen molar-refractivity contribution in [3.05, 3.63) is 102 Å². The second-order valence-electron chi connectivity index (χ2n) is 8.49. The molecule has 0 heterocycles. The van der Waals surface area contributed by atoms with E-state index in [0.29, 0.717) is 17.7 Å². The summed E-state index contributed by atoms with van der Waals surface area (Å²) in [6, 6.07) is 19.8. The van der Waals surface area contributed by atoms with Crippen LogP contribution in [0.2, 0.25) is 0 Å². The van der Waals surface area contributed by atoms with E-state index in [1.165, 1.54) is 25.5 Å². The number of ether oxygens (including phenoxy) is 3. The van der Waals surface area contributed by atoms with Crippen molar-refractivity contribution in [2.45, 2.75) is 33.6 Å². The largest absolute Gasteiger partial charge is 0.427 e. The normalized spacial score (nSPS) is 10.3. The van der Waals surface area contributed by atoms with Crippen molar-refractivity contribution in [2.24, 2.45) is 0 Å². The highest BCUT2D eigenvalue weighted by Crippen LogP contribution is 2.34. The standard InChI is InChI=1S/C30H28O6/c1-19(2)29(32)35-26-16-13-24(18-27(26)36-30(33)20(3)4)23-11-14-25(15-12-23)34-28(31)17-10-22-8-6-21(5)7-9-22/h6-9,11-16,18H,1,3,10,17H2,2,4-5H3. The number of aryl methyl sites for hydroxylation is 2. The van der Waals surface area contributed by atoms with Crippen molar-refractivity contribution in [2.75, 3.05) is 0 Å². The van der Waals surface area contributed by atoms with Crippen molar-refractivity contribution in [1.82, 2.24) is 0 Å². The quantitative estimate of drug-likeness (QED) is 0.206. The molecule has 0 bridgehead atoms. The highest BCUT2D eigenvalue weighted by atomic mass is 16.6. The van der Waals surface area contributed by atoms with Crippen LogP contribution in [0.5, 0.6) is 17.2 Å². The van der Waals surface area contributed by atoms with Gasteiger partial charge in [0, 0.05) is 17.6 Å². The molecule has 6 nitrogen and oxygen atoms in total. The molecule has 0 radical (unpaired) electrons. The molecule has 3 rings (SSSR count). The third-order valence-electron chi connectivity index (χ3n) is 5.20. The number of rotatable bonds is 9. The maximum Gasteiger partial charge on any atom is 0.338 e. The fraction of sp³-hybridized carbons (Fsp3) is 0.167. The average molecular weight is 485 g/mol. The zero-order chi connectivity index (χ0) is 26.2. The van der Waals surface area contributed by atoms with Crippen LogP contribution in [0.15, 0.2) is 91.0 Å². The van der Waals surface area contributed by atoms with Gasteiger partial charge in [0.2, 0.25) is 0 Å². The van der Waals surface area contributed by atoms with Crippen molar-refractivity contribution in [1.29, 1.82) is 0 Å². The summed E-state index contributed by atoms with van der Waals surface area (Å²) in [6.07, 6.45) is 0.873. The van der Waals surface area contributed by atoms with Crippen LogP contribution in [0.1, 0.15) is 31.4 Å². The number of hydrogen-bond donors (Lipinski definition) is 0. The van der Waals surface area contributed by atoms with Crippen molar-refractivity contribution in [3.63, 3.8) is 0 Å². The maximum absolute atomic E-state index is 12.3. The summed E-state index contributed by atoms with van der Waals surface area (Å²) in [6.45, 7) is 12.2. The predicted molar refractivity (Wildman–Crippen MR) is 138 cm³/mol. The van der Waals surface area contributed by atoms with Gasteiger partial charge in [0.15, 0.2) is 11.5 Å². The number of carbonyl (C=O) groups excluding carboxylic acids is 3. The number of esters is 3. The van der Waals surface area contributed by atoms with Gasteiger partial charge in [-0.2, -0.15) is 0 Å². The molecule has 6 heteroatoms. The van der Waals surface area contributed by atoms with Crippen molar-refractivity contribution in [3.8, 4) is 28.4 Å². The van der Waals surface area contributed by atoms with Gasteiger partial charge in [0.1, 0.15) is 5.75 Å². The predicted octanol–water partition coefficient (Wildman–Crippen LogP) is 6.16. The van der Waals surface area contributed by atoms with Crippen LogP contribution in [0, 0.1) is 6.92 Å². The lowest BCUT2D eigenvalue weighted by Gasteiger charge is -2.13. The van der Waals surface area contributed by atoms with E-state index in [9.17, 15) is 14.4 Å². The second-order valence-corrected chi connectivity index (χ2v) is 8.49. The molecule has 0 aromatic heterocycles. The summed E-state index contributed by atoms with van der Waals surface area (Å²) in [5.41, 5.74) is 4.14. The van der Waals surface area contributed by atoms with E-state index < -0.39 is 11.9 Å². The molecular weight excluding hydrogens is 456 g/mol. The fourth-order valence-electron chi connectivity index (χ4n) is 3.12. The van der Waals surface area contributed by atoms with Gasteiger partial charge in [0.05, 0.1) is 0 Å². The van der Waals surface area contributed by atoms with Crippen LogP contribution in [0.3, 0.4) is 0 Å². The molecule has 0 aliphatic rings. The van der Waals surface area contributed by atoms with Crippen molar-refractivity contribution < 1.29 is 28.6 Å². The Hall–Kier alpha value is -4.45. The molecule has 184 valence electrons. The molecular formula is C30H28O6. The topological polar surface area (TPSA) is 78.9 Å². The summed E-state index contributed by atoms with van der Waals surface area (Å²) < 4.78 is 16.1. The summed E-state index contributed by atoms with van der Waals surface area (Å²) in [7, 11) is 0. The minimum absolute atomic E-state index is 0.0710. The molecule has 0 fully saturated rings. The summed E-state index contributed by atoms with van der Waals surface area (Å²) >= 11 is 0. The van der Waals surface area contributed by atoms with Gasteiger partial charge in [-0.3, -0.25) is 4.79 Å². The van der Waals surface area contributed by atoms with Crippen LogP contribution < -0.4 is 14.2 Å². The van der Waals surface area contributed by atoms with Gasteiger partial charge in [-0.25, -0.2) is 9.59 Å². The summed E-state index contributed by atoms with van der Waals surface area (Å²) in [4.78, 5) is 36.4. The number of carbonyl (C=O) groups is 3. The van der Waals surface area contributed by atoms with Gasteiger partial charge in [-0.05, 0) is 68.1 Å². The average Bonchev–Trinajstić information content (AvgIpc) is 2.85. The Balaban J connectivity index is 1.72. The molecule has 0 aliphatic carbocycles. The van der Waals surface area contributed by atoms with Gasteiger partial charge < -0.3 is 14.2 Å². The molecule has 0 amide bonds.